The molecule has 18 heavy (non-hydrogen) atoms. The summed E-state index contributed by atoms with van der Waals surface area (Å²) in [6.07, 6.45) is 9.21. The van der Waals surface area contributed by atoms with Crippen molar-refractivity contribution in [2.24, 2.45) is 0 Å². The van der Waals surface area contributed by atoms with Crippen LogP contribution in [-0.2, 0) is 0 Å². The van der Waals surface area contributed by atoms with Gasteiger partial charge in [0.2, 0.25) is 0 Å². The Morgan fingerprint density at radius 3 is 2.72 bits per heavy atom. The monoisotopic (exact) mass is 310 g/mol. The van der Waals surface area contributed by atoms with Crippen molar-refractivity contribution < 1.29 is 4.74 Å². The molecule has 0 atom stereocenters. The lowest BCUT2D eigenvalue weighted by Gasteiger charge is -2.22. The zero-order valence-electron chi connectivity index (χ0n) is 11.0. The van der Waals surface area contributed by atoms with E-state index in [9.17, 15) is 0 Å². The Morgan fingerprint density at radius 1 is 1.11 bits per heavy atom. The van der Waals surface area contributed by atoms with Crippen molar-refractivity contribution in [1.29, 1.82) is 0 Å². The second-order valence-electron chi connectivity index (χ2n) is 5.15. The van der Waals surface area contributed by atoms with Crippen LogP contribution in [0.5, 0.6) is 5.75 Å². The number of unbranched alkanes of at least 4 members (excludes halogenated alkanes) is 1. The average molecular weight is 311 g/mol. The number of rotatable bonds is 6. The van der Waals surface area contributed by atoms with Gasteiger partial charge in [-0.15, -0.1) is 0 Å². The van der Waals surface area contributed by atoms with Gasteiger partial charge in [0.1, 0.15) is 5.75 Å². The molecule has 0 unspecified atom stereocenters. The van der Waals surface area contributed by atoms with Crippen LogP contribution in [0.1, 0.15) is 56.4 Å². The van der Waals surface area contributed by atoms with Crippen molar-refractivity contribution in [1.82, 2.24) is 0 Å². The van der Waals surface area contributed by atoms with Gasteiger partial charge in [0.05, 0.1) is 6.61 Å². The van der Waals surface area contributed by atoms with Crippen molar-refractivity contribution in [3.63, 3.8) is 0 Å². The molecule has 1 aliphatic carbocycles. The third-order valence-corrected chi connectivity index (χ3v) is 4.29. The van der Waals surface area contributed by atoms with E-state index in [4.69, 9.17) is 4.74 Å². The Kier molecular flexibility index (Phi) is 6.06. The predicted molar refractivity (Wildman–Crippen MR) is 80.8 cm³/mol. The topological polar surface area (TPSA) is 9.23 Å². The van der Waals surface area contributed by atoms with E-state index in [2.05, 4.69) is 40.2 Å². The molecule has 2 heteroatoms. The van der Waals surface area contributed by atoms with Gasteiger partial charge in [-0.2, -0.15) is 0 Å². The third kappa shape index (κ3) is 4.31. The lowest BCUT2D eigenvalue weighted by atomic mass is 9.84. The van der Waals surface area contributed by atoms with E-state index in [0.29, 0.717) is 0 Å². The molecule has 0 aliphatic heterocycles. The Bertz CT molecular complexity index is 345. The summed E-state index contributed by atoms with van der Waals surface area (Å²) < 4.78 is 5.82. The van der Waals surface area contributed by atoms with Gasteiger partial charge in [-0.3, -0.25) is 0 Å². The van der Waals surface area contributed by atoms with Gasteiger partial charge in [0, 0.05) is 5.33 Å². The highest BCUT2D eigenvalue weighted by Gasteiger charge is 2.15. The summed E-state index contributed by atoms with van der Waals surface area (Å²) in [6.45, 7) is 0.833. The average Bonchev–Trinajstić information content (AvgIpc) is 2.45. The first-order chi connectivity index (χ1) is 8.90. The minimum Gasteiger partial charge on any atom is -0.494 e. The highest BCUT2D eigenvalue weighted by molar-refractivity contribution is 9.09. The standard InChI is InChI=1S/C16H23BrO/c17-11-4-5-12-18-16-10-6-9-15(13-16)14-7-2-1-3-8-14/h6,9-10,13-14H,1-5,7-8,11-12H2. The predicted octanol–water partition coefficient (Wildman–Crippen LogP) is 5.29. The fourth-order valence-electron chi connectivity index (χ4n) is 2.68. The Morgan fingerprint density at radius 2 is 1.94 bits per heavy atom. The second-order valence-corrected chi connectivity index (χ2v) is 5.94. The number of hydrogen-bond donors (Lipinski definition) is 0. The summed E-state index contributed by atoms with van der Waals surface area (Å²) in [4.78, 5) is 0. The van der Waals surface area contributed by atoms with E-state index in [1.54, 1.807) is 0 Å². The fourth-order valence-corrected chi connectivity index (χ4v) is 3.08. The largest absolute Gasteiger partial charge is 0.494 e. The lowest BCUT2D eigenvalue weighted by Crippen LogP contribution is -2.05. The van der Waals surface area contributed by atoms with Crippen LogP contribution in [0.4, 0.5) is 0 Å². The van der Waals surface area contributed by atoms with E-state index >= 15 is 0 Å². The molecular formula is C16H23BrO. The third-order valence-electron chi connectivity index (χ3n) is 3.73. The molecule has 0 radical (unpaired) electrons. The van der Waals surface area contributed by atoms with Crippen molar-refractivity contribution in [3.8, 4) is 5.75 Å². The van der Waals surface area contributed by atoms with E-state index < -0.39 is 0 Å². The first kappa shape index (κ1) is 13.9. The smallest absolute Gasteiger partial charge is 0.119 e. The Balaban J connectivity index is 1.88. The molecule has 2 rings (SSSR count). The molecule has 0 aromatic heterocycles. The molecule has 0 heterocycles. The van der Waals surface area contributed by atoms with E-state index in [0.717, 1.165) is 30.0 Å². The number of halogens is 1. The van der Waals surface area contributed by atoms with Crippen LogP contribution >= 0.6 is 15.9 Å². The summed E-state index contributed by atoms with van der Waals surface area (Å²) in [5.41, 5.74) is 1.48. The van der Waals surface area contributed by atoms with Gasteiger partial charge in [-0.25, -0.2) is 0 Å². The van der Waals surface area contributed by atoms with Gasteiger partial charge in [-0.1, -0.05) is 47.3 Å². The van der Waals surface area contributed by atoms with Gasteiger partial charge >= 0.3 is 0 Å². The number of hydrogen-bond acceptors (Lipinski definition) is 1. The van der Waals surface area contributed by atoms with Crippen LogP contribution in [0.2, 0.25) is 0 Å². The van der Waals surface area contributed by atoms with E-state index in [-0.39, 0.29) is 0 Å². The van der Waals surface area contributed by atoms with Crippen LogP contribution in [-0.4, -0.2) is 11.9 Å². The molecule has 0 spiro atoms. The molecule has 1 saturated carbocycles. The summed E-state index contributed by atoms with van der Waals surface area (Å²) in [5, 5.41) is 1.07. The molecule has 1 aliphatic rings. The fraction of sp³-hybridized carbons (Fsp3) is 0.625. The first-order valence-corrected chi connectivity index (χ1v) is 8.31. The molecule has 0 saturated heterocycles. The normalized spacial score (nSPS) is 16.7. The maximum Gasteiger partial charge on any atom is 0.119 e. The molecule has 0 bridgehead atoms. The highest BCUT2D eigenvalue weighted by atomic mass is 79.9. The number of ether oxygens (including phenoxy) is 1. The van der Waals surface area contributed by atoms with E-state index in [1.165, 1.54) is 44.1 Å². The van der Waals surface area contributed by atoms with Gasteiger partial charge in [0.25, 0.3) is 0 Å². The summed E-state index contributed by atoms with van der Waals surface area (Å²) >= 11 is 3.44. The van der Waals surface area contributed by atoms with Crippen molar-refractivity contribution in [2.75, 3.05) is 11.9 Å². The zero-order chi connectivity index (χ0) is 12.6. The molecular weight excluding hydrogens is 288 g/mol. The summed E-state index contributed by atoms with van der Waals surface area (Å²) in [5.74, 6) is 1.82. The maximum absolute atomic E-state index is 5.82. The first-order valence-electron chi connectivity index (χ1n) is 7.19. The van der Waals surface area contributed by atoms with Gasteiger partial charge in [0.15, 0.2) is 0 Å². The number of alkyl halides is 1. The molecule has 0 N–H and O–H groups in total. The van der Waals surface area contributed by atoms with Crippen molar-refractivity contribution in [2.45, 2.75) is 50.9 Å². The summed E-state index contributed by atoms with van der Waals surface area (Å²) in [6, 6.07) is 8.75. The van der Waals surface area contributed by atoms with Crippen LogP contribution in [0.25, 0.3) is 0 Å². The quantitative estimate of drug-likeness (QED) is 0.512. The van der Waals surface area contributed by atoms with Crippen LogP contribution in [0.3, 0.4) is 0 Å². The minimum absolute atomic E-state index is 0.768. The minimum atomic E-state index is 0.768. The zero-order valence-corrected chi connectivity index (χ0v) is 12.6. The summed E-state index contributed by atoms with van der Waals surface area (Å²) in [7, 11) is 0. The Labute approximate surface area is 119 Å². The maximum atomic E-state index is 5.82. The molecule has 1 aromatic rings. The Hall–Kier alpha value is -0.500. The van der Waals surface area contributed by atoms with Gasteiger partial charge < -0.3 is 4.74 Å². The second kappa shape index (κ2) is 7.83. The molecule has 100 valence electrons. The van der Waals surface area contributed by atoms with Crippen LogP contribution in [0, 0.1) is 0 Å². The van der Waals surface area contributed by atoms with Crippen LogP contribution in [0.15, 0.2) is 24.3 Å². The van der Waals surface area contributed by atoms with Crippen molar-refractivity contribution in [3.05, 3.63) is 29.8 Å². The molecule has 1 nitrogen and oxygen atoms in total. The number of benzene rings is 1. The van der Waals surface area contributed by atoms with Crippen molar-refractivity contribution >= 4 is 15.9 Å². The molecule has 1 fully saturated rings. The molecule has 1 aromatic carbocycles. The molecule has 0 amide bonds. The van der Waals surface area contributed by atoms with E-state index in [1.807, 2.05) is 0 Å². The van der Waals surface area contributed by atoms with Gasteiger partial charge in [-0.05, 0) is 49.3 Å². The SMILES string of the molecule is BrCCCCOc1cccc(C2CCCCC2)c1. The lowest BCUT2D eigenvalue weighted by molar-refractivity contribution is 0.309. The highest BCUT2D eigenvalue weighted by Crippen LogP contribution is 2.33. The van der Waals surface area contributed by atoms with Crippen LogP contribution < -0.4 is 4.74 Å².